The summed E-state index contributed by atoms with van der Waals surface area (Å²) in [6.07, 6.45) is 8.67. The van der Waals surface area contributed by atoms with Crippen molar-refractivity contribution in [3.05, 3.63) is 71.3 Å². The van der Waals surface area contributed by atoms with Crippen LogP contribution in [0.1, 0.15) is 84.2 Å². The number of benzene rings is 2. The summed E-state index contributed by atoms with van der Waals surface area (Å²) in [4.78, 5) is 55.8. The van der Waals surface area contributed by atoms with Crippen LogP contribution >= 0.6 is 0 Å². The third-order valence-corrected chi connectivity index (χ3v) is 8.63. The molecular formula is C34H44N4O4. The summed E-state index contributed by atoms with van der Waals surface area (Å²) in [5.41, 5.74) is 4.06. The molecule has 224 valence electrons. The second-order valence-electron chi connectivity index (χ2n) is 11.5. The minimum atomic E-state index is -1.01. The Kier molecular flexibility index (Phi) is 10.7. The van der Waals surface area contributed by atoms with Crippen LogP contribution in [0.15, 0.2) is 49.0 Å². The summed E-state index contributed by atoms with van der Waals surface area (Å²) in [7, 11) is 1.46. The van der Waals surface area contributed by atoms with E-state index in [4.69, 9.17) is 0 Å². The number of aldehydes is 1. The average Bonchev–Trinajstić information content (AvgIpc) is 3.24. The first-order valence-corrected chi connectivity index (χ1v) is 15.2. The van der Waals surface area contributed by atoms with Gasteiger partial charge in [-0.1, -0.05) is 49.8 Å². The summed E-state index contributed by atoms with van der Waals surface area (Å²) < 4.78 is 0. The number of anilines is 1. The Hall–Kier alpha value is -3.78. The average molecular weight is 573 g/mol. The van der Waals surface area contributed by atoms with Crippen LogP contribution in [0.25, 0.3) is 6.08 Å². The molecule has 1 fully saturated rings. The molecular weight excluding hydrogens is 528 g/mol. The Balaban J connectivity index is 1.30. The fourth-order valence-electron chi connectivity index (χ4n) is 6.30. The largest absolute Gasteiger partial charge is 0.368 e. The number of amides is 3. The van der Waals surface area contributed by atoms with Gasteiger partial charge in [-0.25, -0.2) is 0 Å². The fourth-order valence-corrected chi connectivity index (χ4v) is 6.30. The number of fused-ring (bicyclic) bond motifs is 1. The van der Waals surface area contributed by atoms with E-state index in [0.717, 1.165) is 42.2 Å². The van der Waals surface area contributed by atoms with Crippen LogP contribution in [0.3, 0.4) is 0 Å². The van der Waals surface area contributed by atoms with Gasteiger partial charge >= 0.3 is 0 Å². The first-order chi connectivity index (χ1) is 20.3. The molecule has 1 N–H and O–H groups in total. The molecule has 0 spiro atoms. The number of likely N-dealkylation sites (N-methyl/N-ethyl adjacent to an activating group) is 1. The van der Waals surface area contributed by atoms with Crippen molar-refractivity contribution in [3.63, 3.8) is 0 Å². The van der Waals surface area contributed by atoms with Crippen LogP contribution < -0.4 is 10.2 Å². The van der Waals surface area contributed by atoms with Gasteiger partial charge in [0.15, 0.2) is 0 Å². The van der Waals surface area contributed by atoms with Crippen molar-refractivity contribution in [2.75, 3.05) is 31.6 Å². The van der Waals surface area contributed by atoms with Crippen molar-refractivity contribution >= 4 is 35.8 Å². The summed E-state index contributed by atoms with van der Waals surface area (Å²) in [6, 6.07) is 13.7. The molecule has 0 saturated carbocycles. The Morgan fingerprint density at radius 1 is 0.976 bits per heavy atom. The summed E-state index contributed by atoms with van der Waals surface area (Å²) >= 11 is 0. The molecule has 42 heavy (non-hydrogen) atoms. The molecule has 0 radical (unpaired) electrons. The standard InChI is InChI=1S/C34H44N4O4/c1-5-26-13-15-27(16-14-26)11-8-6-7-9-19-37-24(2)22-36(23-25(37)3)28-17-18-29-30(21-28)34(42)38(33(29)41)31(12-10-20-39)32(40)35-4/h5,13-18,20-21,24-25,31H,1,6-12,19,22-23H2,2-4H3,(H,35,40). The lowest BCUT2D eigenvalue weighted by atomic mass is 10.0. The van der Waals surface area contributed by atoms with Crippen molar-refractivity contribution in [2.24, 2.45) is 0 Å². The normalized spacial score (nSPS) is 19.5. The van der Waals surface area contributed by atoms with Crippen LogP contribution in [0.2, 0.25) is 0 Å². The number of hydrogen-bond donors (Lipinski definition) is 1. The van der Waals surface area contributed by atoms with Crippen LogP contribution in [0, 0.1) is 0 Å². The molecule has 2 aromatic carbocycles. The van der Waals surface area contributed by atoms with Crippen molar-refractivity contribution in [1.29, 1.82) is 0 Å². The molecule has 2 aliphatic heterocycles. The monoisotopic (exact) mass is 572 g/mol. The van der Waals surface area contributed by atoms with E-state index >= 15 is 0 Å². The van der Waals surface area contributed by atoms with Gasteiger partial charge in [-0.15, -0.1) is 0 Å². The molecule has 1 saturated heterocycles. The number of imide groups is 1. The van der Waals surface area contributed by atoms with Crippen LogP contribution in [-0.2, 0) is 16.0 Å². The number of nitrogens with zero attached hydrogens (tertiary/aromatic N) is 3. The van der Waals surface area contributed by atoms with Crippen molar-refractivity contribution in [3.8, 4) is 0 Å². The number of nitrogens with one attached hydrogen (secondary N) is 1. The zero-order valence-corrected chi connectivity index (χ0v) is 25.2. The van der Waals surface area contributed by atoms with Gasteiger partial charge in [-0.2, -0.15) is 0 Å². The van der Waals surface area contributed by atoms with Gasteiger partial charge in [0.2, 0.25) is 5.91 Å². The highest BCUT2D eigenvalue weighted by Gasteiger charge is 2.43. The number of piperazine rings is 1. The first kappa shape index (κ1) is 31.2. The second kappa shape index (κ2) is 14.4. The quantitative estimate of drug-likeness (QED) is 0.200. The third kappa shape index (κ3) is 6.98. The molecule has 3 atom stereocenters. The lowest BCUT2D eigenvalue weighted by Gasteiger charge is -2.45. The molecule has 2 heterocycles. The Bertz CT molecular complexity index is 1280. The van der Waals surface area contributed by atoms with Gasteiger partial charge in [-0.3, -0.25) is 24.2 Å². The summed E-state index contributed by atoms with van der Waals surface area (Å²) in [5, 5.41) is 2.51. The lowest BCUT2D eigenvalue weighted by molar-refractivity contribution is -0.124. The zero-order chi connectivity index (χ0) is 30.2. The van der Waals surface area contributed by atoms with Gasteiger partial charge in [-0.05, 0) is 75.4 Å². The molecule has 3 unspecified atom stereocenters. The first-order valence-electron chi connectivity index (χ1n) is 15.2. The SMILES string of the molecule is C=Cc1ccc(CCCCCCN2C(C)CN(c3ccc4c(c3)C(=O)N(C(CCC=O)C(=O)NC)C4=O)CC2C)cc1. The van der Waals surface area contributed by atoms with Crippen molar-refractivity contribution in [1.82, 2.24) is 15.1 Å². The lowest BCUT2D eigenvalue weighted by Crippen LogP contribution is -2.57. The van der Waals surface area contributed by atoms with Gasteiger partial charge < -0.3 is 15.0 Å². The molecule has 4 rings (SSSR count). The molecule has 0 bridgehead atoms. The molecule has 8 heteroatoms. The van der Waals surface area contributed by atoms with Crippen molar-refractivity contribution in [2.45, 2.75) is 76.9 Å². The predicted octanol–water partition coefficient (Wildman–Crippen LogP) is 4.72. The highest BCUT2D eigenvalue weighted by molar-refractivity contribution is 6.23. The van der Waals surface area contributed by atoms with Crippen LogP contribution in [0.5, 0.6) is 0 Å². The van der Waals surface area contributed by atoms with Gasteiger partial charge in [0.1, 0.15) is 12.3 Å². The molecule has 0 aromatic heterocycles. The zero-order valence-electron chi connectivity index (χ0n) is 25.2. The second-order valence-corrected chi connectivity index (χ2v) is 11.5. The van der Waals surface area contributed by atoms with E-state index in [2.05, 4.69) is 59.8 Å². The van der Waals surface area contributed by atoms with Gasteiger partial charge in [0.05, 0.1) is 11.1 Å². The minimum Gasteiger partial charge on any atom is -0.368 e. The molecule has 8 nitrogen and oxygen atoms in total. The number of carbonyl (C=O) groups is 4. The van der Waals surface area contributed by atoms with Crippen molar-refractivity contribution < 1.29 is 19.2 Å². The van der Waals surface area contributed by atoms with Gasteiger partial charge in [0.25, 0.3) is 11.8 Å². The van der Waals surface area contributed by atoms with E-state index in [1.54, 1.807) is 12.1 Å². The third-order valence-electron chi connectivity index (χ3n) is 8.63. The maximum atomic E-state index is 13.4. The van der Waals surface area contributed by atoms with E-state index < -0.39 is 23.8 Å². The van der Waals surface area contributed by atoms with Gasteiger partial charge in [0, 0.05) is 44.3 Å². The Morgan fingerprint density at radius 2 is 1.64 bits per heavy atom. The number of aryl methyl sites for hydroxylation is 1. The highest BCUT2D eigenvalue weighted by Crippen LogP contribution is 2.31. The van der Waals surface area contributed by atoms with Crippen LogP contribution in [-0.4, -0.2) is 78.6 Å². The maximum Gasteiger partial charge on any atom is 0.262 e. The van der Waals surface area contributed by atoms with Crippen LogP contribution in [0.4, 0.5) is 5.69 Å². The molecule has 2 aromatic rings. The number of unbranched alkanes of at least 4 members (excludes halogenated alkanes) is 3. The Labute approximate surface area is 249 Å². The van der Waals surface area contributed by atoms with E-state index in [1.165, 1.54) is 38.3 Å². The summed E-state index contributed by atoms with van der Waals surface area (Å²) in [5.74, 6) is -1.42. The molecule has 3 amide bonds. The van der Waals surface area contributed by atoms with E-state index in [0.29, 0.717) is 29.5 Å². The molecule has 0 aliphatic carbocycles. The summed E-state index contributed by atoms with van der Waals surface area (Å²) in [6.45, 7) is 11.0. The highest BCUT2D eigenvalue weighted by atomic mass is 16.2. The Morgan fingerprint density at radius 3 is 2.29 bits per heavy atom. The maximum absolute atomic E-state index is 13.4. The van der Waals surface area contributed by atoms with E-state index in [-0.39, 0.29) is 12.8 Å². The molecule has 2 aliphatic rings. The minimum absolute atomic E-state index is 0.0849. The number of rotatable bonds is 14. The fraction of sp³-hybridized carbons (Fsp3) is 0.471. The smallest absolute Gasteiger partial charge is 0.262 e. The van der Waals surface area contributed by atoms with E-state index in [1.807, 2.05) is 12.1 Å². The number of carbonyl (C=O) groups excluding carboxylic acids is 4. The topological polar surface area (TPSA) is 90.0 Å². The number of hydrogen-bond acceptors (Lipinski definition) is 6. The van der Waals surface area contributed by atoms with E-state index in [9.17, 15) is 19.2 Å². The predicted molar refractivity (Wildman–Crippen MR) is 167 cm³/mol.